The quantitative estimate of drug-likeness (QED) is 0.854. The fraction of sp³-hybridized carbons (Fsp3) is 0.500. The van der Waals surface area contributed by atoms with Crippen molar-refractivity contribution in [2.24, 2.45) is 11.8 Å². The number of aromatic nitrogens is 3. The van der Waals surface area contributed by atoms with Crippen molar-refractivity contribution in [3.63, 3.8) is 0 Å². The van der Waals surface area contributed by atoms with Gasteiger partial charge in [-0.25, -0.2) is 4.52 Å². The maximum Gasteiger partial charge on any atom is 0.243 e. The lowest BCUT2D eigenvalue weighted by Gasteiger charge is -1.97. The molecule has 2 aromatic rings. The molecule has 0 radical (unpaired) electrons. The Balaban J connectivity index is 1.77. The first kappa shape index (κ1) is 9.63. The van der Waals surface area contributed by atoms with E-state index in [4.69, 9.17) is 0 Å². The van der Waals surface area contributed by atoms with E-state index in [1.165, 1.54) is 12.0 Å². The van der Waals surface area contributed by atoms with Gasteiger partial charge in [0.25, 0.3) is 0 Å². The van der Waals surface area contributed by atoms with Crippen LogP contribution in [0.2, 0.25) is 0 Å². The van der Waals surface area contributed by atoms with Crippen LogP contribution in [0.5, 0.6) is 0 Å². The number of hydrogen-bond acceptors (Lipinski definition) is 3. The minimum absolute atomic E-state index is 0.740. The molecule has 1 saturated carbocycles. The van der Waals surface area contributed by atoms with Gasteiger partial charge in [0, 0.05) is 12.7 Å². The standard InChI is InChI=1S/C12H16N4/c1-8-3-4-11-14-12(15-16(11)7-8)13-6-10-5-9(10)2/h3-4,7,9-10H,5-6H2,1-2H3,(H,13,15). The van der Waals surface area contributed by atoms with E-state index in [9.17, 15) is 0 Å². The van der Waals surface area contributed by atoms with Crippen LogP contribution in [0.1, 0.15) is 18.9 Å². The number of nitrogens with zero attached hydrogens (tertiary/aromatic N) is 3. The summed E-state index contributed by atoms with van der Waals surface area (Å²) in [5, 5.41) is 7.70. The van der Waals surface area contributed by atoms with Crippen molar-refractivity contribution in [1.29, 1.82) is 0 Å². The molecule has 0 aliphatic heterocycles. The predicted octanol–water partition coefficient (Wildman–Crippen LogP) is 2.11. The Hall–Kier alpha value is -1.58. The van der Waals surface area contributed by atoms with Crippen LogP contribution in [0.4, 0.5) is 5.95 Å². The summed E-state index contributed by atoms with van der Waals surface area (Å²) >= 11 is 0. The van der Waals surface area contributed by atoms with Crippen molar-refractivity contribution in [1.82, 2.24) is 14.6 Å². The third-order valence-corrected chi connectivity index (χ3v) is 3.28. The van der Waals surface area contributed by atoms with Gasteiger partial charge in [0.2, 0.25) is 5.95 Å². The summed E-state index contributed by atoms with van der Waals surface area (Å²) in [7, 11) is 0. The van der Waals surface area contributed by atoms with Crippen LogP contribution < -0.4 is 5.32 Å². The zero-order valence-electron chi connectivity index (χ0n) is 9.64. The van der Waals surface area contributed by atoms with Crippen LogP contribution in [-0.2, 0) is 0 Å². The number of hydrogen-bond donors (Lipinski definition) is 1. The van der Waals surface area contributed by atoms with E-state index >= 15 is 0 Å². The molecule has 2 atom stereocenters. The monoisotopic (exact) mass is 216 g/mol. The first-order valence-electron chi connectivity index (χ1n) is 5.79. The molecule has 16 heavy (non-hydrogen) atoms. The van der Waals surface area contributed by atoms with E-state index < -0.39 is 0 Å². The largest absolute Gasteiger partial charge is 0.353 e. The molecule has 2 heterocycles. The molecule has 0 saturated heterocycles. The molecular formula is C12H16N4. The highest BCUT2D eigenvalue weighted by Gasteiger charge is 2.32. The highest BCUT2D eigenvalue weighted by Crippen LogP contribution is 2.37. The van der Waals surface area contributed by atoms with Crippen molar-refractivity contribution in [2.75, 3.05) is 11.9 Å². The van der Waals surface area contributed by atoms with Gasteiger partial charge in [-0.1, -0.05) is 13.0 Å². The smallest absolute Gasteiger partial charge is 0.243 e. The highest BCUT2D eigenvalue weighted by atomic mass is 15.3. The summed E-state index contributed by atoms with van der Waals surface area (Å²) in [6.07, 6.45) is 3.33. The van der Waals surface area contributed by atoms with Crippen molar-refractivity contribution in [3.8, 4) is 0 Å². The van der Waals surface area contributed by atoms with Gasteiger partial charge >= 0.3 is 0 Å². The Morgan fingerprint density at radius 3 is 3.06 bits per heavy atom. The normalized spacial score (nSPS) is 23.6. The van der Waals surface area contributed by atoms with Gasteiger partial charge in [0.05, 0.1) is 0 Å². The summed E-state index contributed by atoms with van der Waals surface area (Å²) in [6.45, 7) is 5.34. The maximum atomic E-state index is 4.42. The summed E-state index contributed by atoms with van der Waals surface area (Å²) < 4.78 is 1.83. The minimum Gasteiger partial charge on any atom is -0.353 e. The van der Waals surface area contributed by atoms with E-state index in [-0.39, 0.29) is 0 Å². The van der Waals surface area contributed by atoms with Crippen LogP contribution in [0, 0.1) is 18.8 Å². The molecule has 4 nitrogen and oxygen atoms in total. The molecule has 1 aliphatic carbocycles. The number of fused-ring (bicyclic) bond motifs is 1. The Morgan fingerprint density at radius 1 is 1.50 bits per heavy atom. The fourth-order valence-corrected chi connectivity index (χ4v) is 1.97. The maximum absolute atomic E-state index is 4.42. The second-order valence-corrected chi connectivity index (χ2v) is 4.80. The molecule has 4 heteroatoms. The topological polar surface area (TPSA) is 42.2 Å². The zero-order chi connectivity index (χ0) is 11.1. The van der Waals surface area contributed by atoms with Crippen LogP contribution in [-0.4, -0.2) is 21.1 Å². The summed E-state index contributed by atoms with van der Waals surface area (Å²) in [5.41, 5.74) is 2.09. The van der Waals surface area contributed by atoms with Crippen LogP contribution in [0.15, 0.2) is 18.3 Å². The van der Waals surface area contributed by atoms with Crippen LogP contribution >= 0.6 is 0 Å². The highest BCUT2D eigenvalue weighted by molar-refractivity contribution is 5.44. The van der Waals surface area contributed by atoms with Gasteiger partial charge in [-0.2, -0.15) is 4.98 Å². The number of aryl methyl sites for hydroxylation is 1. The van der Waals surface area contributed by atoms with E-state index in [0.29, 0.717) is 0 Å². The average molecular weight is 216 g/mol. The Bertz CT molecular complexity index is 517. The molecule has 3 rings (SSSR count). The van der Waals surface area contributed by atoms with E-state index in [0.717, 1.165) is 30.0 Å². The minimum atomic E-state index is 0.740. The van der Waals surface area contributed by atoms with Crippen LogP contribution in [0.25, 0.3) is 5.65 Å². The molecular weight excluding hydrogens is 200 g/mol. The number of pyridine rings is 1. The van der Waals surface area contributed by atoms with E-state index in [1.54, 1.807) is 0 Å². The first-order chi connectivity index (χ1) is 7.72. The Kier molecular flexibility index (Phi) is 2.09. The third kappa shape index (κ3) is 1.75. The molecule has 0 spiro atoms. The van der Waals surface area contributed by atoms with Gasteiger partial charge in [-0.15, -0.1) is 5.10 Å². The van der Waals surface area contributed by atoms with Crippen molar-refractivity contribution >= 4 is 11.6 Å². The summed E-state index contributed by atoms with van der Waals surface area (Å²) in [5.74, 6) is 2.42. The molecule has 1 N–H and O–H groups in total. The first-order valence-corrected chi connectivity index (χ1v) is 5.79. The number of rotatable bonds is 3. The summed E-state index contributed by atoms with van der Waals surface area (Å²) in [6, 6.07) is 4.05. The molecule has 0 amide bonds. The zero-order valence-corrected chi connectivity index (χ0v) is 9.64. The molecule has 2 unspecified atom stereocenters. The molecule has 2 aromatic heterocycles. The van der Waals surface area contributed by atoms with Crippen molar-refractivity contribution in [3.05, 3.63) is 23.9 Å². The number of nitrogens with one attached hydrogen (secondary N) is 1. The van der Waals surface area contributed by atoms with Gasteiger partial charge in [0.1, 0.15) is 0 Å². The lowest BCUT2D eigenvalue weighted by Crippen LogP contribution is -2.05. The van der Waals surface area contributed by atoms with E-state index in [2.05, 4.69) is 35.3 Å². The van der Waals surface area contributed by atoms with Gasteiger partial charge in [0.15, 0.2) is 5.65 Å². The van der Waals surface area contributed by atoms with Gasteiger partial charge in [-0.3, -0.25) is 0 Å². The molecule has 1 aliphatic rings. The second-order valence-electron chi connectivity index (χ2n) is 4.80. The molecule has 0 bridgehead atoms. The third-order valence-electron chi connectivity index (χ3n) is 3.28. The average Bonchev–Trinajstić information content (AvgIpc) is 2.81. The Labute approximate surface area is 94.7 Å². The molecule has 1 fully saturated rings. The number of anilines is 1. The molecule has 84 valence electrons. The van der Waals surface area contributed by atoms with Gasteiger partial charge in [-0.05, 0) is 36.8 Å². The lowest BCUT2D eigenvalue weighted by atomic mass is 10.3. The molecule has 0 aromatic carbocycles. The predicted molar refractivity (Wildman–Crippen MR) is 63.5 cm³/mol. The van der Waals surface area contributed by atoms with Gasteiger partial charge < -0.3 is 5.32 Å². The van der Waals surface area contributed by atoms with E-state index in [1.807, 2.05) is 16.8 Å². The van der Waals surface area contributed by atoms with Crippen LogP contribution in [0.3, 0.4) is 0 Å². The SMILES string of the molecule is Cc1ccc2nc(NCC3CC3C)nn2c1. The Morgan fingerprint density at radius 2 is 2.31 bits per heavy atom. The second kappa shape index (κ2) is 3.47. The summed E-state index contributed by atoms with van der Waals surface area (Å²) in [4.78, 5) is 4.42. The van der Waals surface area contributed by atoms with Crippen molar-refractivity contribution in [2.45, 2.75) is 20.3 Å². The van der Waals surface area contributed by atoms with Crippen molar-refractivity contribution < 1.29 is 0 Å². The lowest BCUT2D eigenvalue weighted by molar-refractivity contribution is 0.780. The fourth-order valence-electron chi connectivity index (χ4n) is 1.97.